The van der Waals surface area contributed by atoms with Gasteiger partial charge < -0.3 is 15.7 Å². The average Bonchev–Trinajstić information content (AvgIpc) is 2.74. The third-order valence-corrected chi connectivity index (χ3v) is 2.68. The molecule has 0 spiro atoms. The third kappa shape index (κ3) is 2.81. The molecule has 102 valence electrons. The van der Waals surface area contributed by atoms with E-state index in [1.807, 2.05) is 0 Å². The molecule has 19 heavy (non-hydrogen) atoms. The van der Waals surface area contributed by atoms with Gasteiger partial charge in [-0.25, -0.2) is 9.59 Å². The Morgan fingerprint density at radius 1 is 1.58 bits per heavy atom. The molecule has 1 aliphatic heterocycles. The number of nitrogens with one attached hydrogen (secondary N) is 2. The summed E-state index contributed by atoms with van der Waals surface area (Å²) in [6.07, 6.45) is 3.00. The number of carboxylic acids is 1. The number of urea groups is 1. The summed E-state index contributed by atoms with van der Waals surface area (Å²) in [5, 5.41) is 17.8. The summed E-state index contributed by atoms with van der Waals surface area (Å²) in [4.78, 5) is 35.3. The first-order valence-corrected chi connectivity index (χ1v) is 5.53. The zero-order valence-electron chi connectivity index (χ0n) is 10.2. The Balaban J connectivity index is 2.10. The van der Waals surface area contributed by atoms with E-state index >= 15 is 0 Å². The molecule has 1 aromatic heterocycles. The minimum Gasteiger partial charge on any atom is -0.480 e. The summed E-state index contributed by atoms with van der Waals surface area (Å²) >= 11 is 0. The minimum absolute atomic E-state index is 0.103. The lowest BCUT2D eigenvalue weighted by atomic mass is 10.2. The van der Waals surface area contributed by atoms with Gasteiger partial charge in [-0.15, -0.1) is 0 Å². The maximum Gasteiger partial charge on any atom is 0.328 e. The highest BCUT2D eigenvalue weighted by Crippen LogP contribution is 2.10. The van der Waals surface area contributed by atoms with Gasteiger partial charge in [0.05, 0.1) is 11.9 Å². The lowest BCUT2D eigenvalue weighted by Crippen LogP contribution is -2.60. The third-order valence-electron chi connectivity index (χ3n) is 2.68. The first kappa shape index (κ1) is 12.9. The van der Waals surface area contributed by atoms with Gasteiger partial charge in [0, 0.05) is 19.8 Å². The largest absolute Gasteiger partial charge is 0.480 e. The molecule has 3 N–H and O–H groups in total. The van der Waals surface area contributed by atoms with Gasteiger partial charge in [-0.2, -0.15) is 5.10 Å². The Labute approximate surface area is 108 Å². The maximum absolute atomic E-state index is 12.0. The Bertz CT molecular complexity index is 526. The molecular formula is C10H13N5O4. The summed E-state index contributed by atoms with van der Waals surface area (Å²) < 4.78 is 1.49. The van der Waals surface area contributed by atoms with Crippen molar-refractivity contribution >= 4 is 23.6 Å². The van der Waals surface area contributed by atoms with Crippen molar-refractivity contribution in [3.05, 3.63) is 12.4 Å². The molecule has 0 aromatic carbocycles. The second-order valence-corrected chi connectivity index (χ2v) is 4.12. The second kappa shape index (κ2) is 4.96. The molecule has 2 rings (SSSR count). The molecule has 1 atom stereocenters. The highest BCUT2D eigenvalue weighted by Gasteiger charge is 2.35. The Morgan fingerprint density at radius 3 is 2.89 bits per heavy atom. The van der Waals surface area contributed by atoms with Gasteiger partial charge in [-0.05, 0) is 0 Å². The Morgan fingerprint density at radius 2 is 2.32 bits per heavy atom. The lowest BCUT2D eigenvalue weighted by molar-refractivity contribution is -0.144. The predicted octanol–water partition coefficient (Wildman–Crippen LogP) is -1.16. The maximum atomic E-state index is 12.0. The van der Waals surface area contributed by atoms with E-state index in [0.29, 0.717) is 5.69 Å². The molecule has 3 amide bonds. The van der Waals surface area contributed by atoms with Crippen LogP contribution < -0.4 is 10.6 Å². The fourth-order valence-electron chi connectivity index (χ4n) is 1.76. The number of aromatic nitrogens is 2. The summed E-state index contributed by atoms with van der Waals surface area (Å²) in [5.41, 5.74) is 0.433. The van der Waals surface area contributed by atoms with Crippen LogP contribution in [0.4, 0.5) is 10.5 Å². The first-order valence-electron chi connectivity index (χ1n) is 5.53. The normalized spacial score (nSPS) is 18.9. The number of rotatable bonds is 2. The average molecular weight is 267 g/mol. The zero-order valence-corrected chi connectivity index (χ0v) is 10.2. The van der Waals surface area contributed by atoms with Crippen LogP contribution in [0.15, 0.2) is 12.4 Å². The van der Waals surface area contributed by atoms with E-state index in [1.165, 1.54) is 10.9 Å². The second-order valence-electron chi connectivity index (χ2n) is 4.12. The van der Waals surface area contributed by atoms with Crippen LogP contribution >= 0.6 is 0 Å². The number of hydrogen-bond donors (Lipinski definition) is 3. The number of nitrogens with zero attached hydrogens (tertiary/aromatic N) is 3. The van der Waals surface area contributed by atoms with Crippen molar-refractivity contribution in [2.24, 2.45) is 7.05 Å². The predicted molar refractivity (Wildman–Crippen MR) is 63.4 cm³/mol. The van der Waals surface area contributed by atoms with Crippen molar-refractivity contribution in [2.75, 3.05) is 18.4 Å². The number of aryl methyl sites for hydroxylation is 1. The Kier molecular flexibility index (Phi) is 3.36. The van der Waals surface area contributed by atoms with Crippen molar-refractivity contribution in [1.82, 2.24) is 20.0 Å². The van der Waals surface area contributed by atoms with Gasteiger partial charge in [0.1, 0.15) is 12.6 Å². The first-order chi connectivity index (χ1) is 8.97. The van der Waals surface area contributed by atoms with Gasteiger partial charge in [0.2, 0.25) is 5.91 Å². The number of carboxylic acid groups (broad SMARTS) is 1. The monoisotopic (exact) mass is 267 g/mol. The van der Waals surface area contributed by atoms with E-state index in [9.17, 15) is 14.4 Å². The van der Waals surface area contributed by atoms with Crippen molar-refractivity contribution in [1.29, 1.82) is 0 Å². The number of hydrogen-bond acceptors (Lipinski definition) is 4. The summed E-state index contributed by atoms with van der Waals surface area (Å²) in [5.74, 6) is -1.56. The number of anilines is 1. The molecule has 0 aliphatic carbocycles. The van der Waals surface area contributed by atoms with Crippen molar-refractivity contribution in [3.63, 3.8) is 0 Å². The lowest BCUT2D eigenvalue weighted by Gasteiger charge is -2.32. The molecule has 0 saturated carbocycles. The number of carbonyl (C=O) groups excluding carboxylic acids is 2. The summed E-state index contributed by atoms with van der Waals surface area (Å²) in [6, 6.07) is -1.72. The number of aliphatic carboxylic acids is 1. The molecule has 9 nitrogen and oxygen atoms in total. The SMILES string of the molecule is Cn1cc(NC(=O)N2CC(=O)NCC2C(=O)O)cn1. The van der Waals surface area contributed by atoms with Gasteiger partial charge in [0.15, 0.2) is 0 Å². The standard InChI is InChI=1S/C10H13N5O4/c1-14-4-6(2-12-14)13-10(19)15-5-8(16)11-3-7(15)9(17)18/h2,4,7H,3,5H2,1H3,(H,11,16)(H,13,19)(H,17,18). The Hall–Kier alpha value is -2.58. The van der Waals surface area contributed by atoms with Gasteiger partial charge in [-0.3, -0.25) is 14.4 Å². The molecule has 1 aliphatic rings. The summed E-state index contributed by atoms with van der Waals surface area (Å²) in [7, 11) is 1.68. The van der Waals surface area contributed by atoms with Crippen LogP contribution in [0.3, 0.4) is 0 Å². The van der Waals surface area contributed by atoms with E-state index in [-0.39, 0.29) is 19.0 Å². The van der Waals surface area contributed by atoms with Crippen LogP contribution in [-0.2, 0) is 16.6 Å². The molecule has 1 saturated heterocycles. The van der Waals surface area contributed by atoms with Gasteiger partial charge in [0.25, 0.3) is 0 Å². The fraction of sp³-hybridized carbons (Fsp3) is 0.400. The number of carbonyl (C=O) groups is 3. The molecular weight excluding hydrogens is 254 g/mol. The van der Waals surface area contributed by atoms with Crippen molar-refractivity contribution in [2.45, 2.75) is 6.04 Å². The fourth-order valence-corrected chi connectivity index (χ4v) is 1.76. The molecule has 0 radical (unpaired) electrons. The summed E-state index contributed by atoms with van der Waals surface area (Å²) in [6.45, 7) is -0.391. The van der Waals surface area contributed by atoms with Crippen LogP contribution in [0.1, 0.15) is 0 Å². The van der Waals surface area contributed by atoms with Crippen LogP contribution in [0.2, 0.25) is 0 Å². The van der Waals surface area contributed by atoms with Crippen LogP contribution in [-0.4, -0.2) is 56.8 Å². The van der Waals surface area contributed by atoms with Crippen molar-refractivity contribution < 1.29 is 19.5 Å². The highest BCUT2D eigenvalue weighted by molar-refractivity contribution is 5.96. The molecule has 2 heterocycles. The smallest absolute Gasteiger partial charge is 0.328 e. The molecule has 1 unspecified atom stereocenters. The van der Waals surface area contributed by atoms with E-state index in [0.717, 1.165) is 4.90 Å². The topological polar surface area (TPSA) is 117 Å². The molecule has 9 heteroatoms. The van der Waals surface area contributed by atoms with Crippen LogP contribution in [0, 0.1) is 0 Å². The number of amides is 3. The zero-order chi connectivity index (χ0) is 14.0. The van der Waals surface area contributed by atoms with E-state index < -0.39 is 18.0 Å². The molecule has 0 bridgehead atoms. The van der Waals surface area contributed by atoms with Crippen molar-refractivity contribution in [3.8, 4) is 0 Å². The van der Waals surface area contributed by atoms with E-state index in [2.05, 4.69) is 15.7 Å². The quantitative estimate of drug-likeness (QED) is 0.624. The van der Waals surface area contributed by atoms with E-state index in [4.69, 9.17) is 5.11 Å². The molecule has 1 fully saturated rings. The minimum atomic E-state index is -1.17. The highest BCUT2D eigenvalue weighted by atomic mass is 16.4. The van der Waals surface area contributed by atoms with Gasteiger partial charge >= 0.3 is 12.0 Å². The molecule has 1 aromatic rings. The van der Waals surface area contributed by atoms with Crippen LogP contribution in [0.5, 0.6) is 0 Å². The van der Waals surface area contributed by atoms with Crippen LogP contribution in [0.25, 0.3) is 0 Å². The van der Waals surface area contributed by atoms with Gasteiger partial charge in [-0.1, -0.05) is 0 Å². The number of piperazine rings is 1. The van der Waals surface area contributed by atoms with E-state index in [1.54, 1.807) is 13.2 Å².